The lowest BCUT2D eigenvalue weighted by atomic mass is 10.1. The Morgan fingerprint density at radius 2 is 2.03 bits per heavy atom. The Hall–Kier alpha value is -4.78. The van der Waals surface area contributed by atoms with Crippen molar-refractivity contribution in [2.45, 2.75) is 20.7 Å². The van der Waals surface area contributed by atoms with Crippen LogP contribution in [0.5, 0.6) is 0 Å². The predicted octanol–water partition coefficient (Wildman–Crippen LogP) is 6.25. The second kappa shape index (κ2) is 9.84. The number of amides is 1. The van der Waals surface area contributed by atoms with Gasteiger partial charge >= 0.3 is 0 Å². The van der Waals surface area contributed by atoms with Crippen molar-refractivity contribution in [1.82, 2.24) is 19.5 Å². The quantitative estimate of drug-likeness (QED) is 0.298. The minimum Gasteiger partial charge on any atom is -0.324 e. The van der Waals surface area contributed by atoms with Crippen molar-refractivity contribution in [1.29, 1.82) is 0 Å². The van der Waals surface area contributed by atoms with Gasteiger partial charge in [0.2, 0.25) is 5.95 Å². The predicted molar refractivity (Wildman–Crippen MR) is 143 cm³/mol. The molecule has 36 heavy (non-hydrogen) atoms. The molecule has 2 aromatic carbocycles. The Balaban J connectivity index is 1.59. The van der Waals surface area contributed by atoms with E-state index in [1.165, 1.54) is 12.3 Å². The number of nitrogens with one attached hydrogen (secondary N) is 2. The molecule has 0 aliphatic heterocycles. The molecule has 0 atom stereocenters. The van der Waals surface area contributed by atoms with Crippen LogP contribution in [0.3, 0.4) is 0 Å². The van der Waals surface area contributed by atoms with Crippen molar-refractivity contribution in [3.8, 4) is 16.9 Å². The van der Waals surface area contributed by atoms with Gasteiger partial charge in [0.25, 0.3) is 5.91 Å². The van der Waals surface area contributed by atoms with Gasteiger partial charge in [-0.2, -0.15) is 0 Å². The van der Waals surface area contributed by atoms with Gasteiger partial charge in [0.1, 0.15) is 0 Å². The number of rotatable bonds is 6. The summed E-state index contributed by atoms with van der Waals surface area (Å²) in [5.74, 6) is -1.23. The molecule has 0 spiro atoms. The fourth-order valence-corrected chi connectivity index (χ4v) is 3.48. The molecule has 5 aromatic rings. The maximum absolute atomic E-state index is 13.6. The van der Waals surface area contributed by atoms with Crippen molar-refractivity contribution in [3.05, 3.63) is 114 Å². The number of aryl methyl sites for hydroxylation is 2. The van der Waals surface area contributed by atoms with Gasteiger partial charge in [-0.15, -0.1) is 0 Å². The second-order valence-corrected chi connectivity index (χ2v) is 7.96. The van der Waals surface area contributed by atoms with Crippen molar-refractivity contribution < 1.29 is 18.5 Å². The number of aromatic nitrogens is 4. The first-order valence-corrected chi connectivity index (χ1v) is 10.8. The van der Waals surface area contributed by atoms with Crippen molar-refractivity contribution >= 4 is 23.2 Å². The Morgan fingerprint density at radius 3 is 2.86 bits per heavy atom. The molecule has 0 saturated heterocycles. The zero-order chi connectivity index (χ0) is 33.7. The first-order chi connectivity index (χ1) is 21.6. The number of anilines is 3. The van der Waals surface area contributed by atoms with Crippen LogP contribution >= 0.6 is 0 Å². The third-order valence-electron chi connectivity index (χ3n) is 5.11. The summed E-state index contributed by atoms with van der Waals surface area (Å²) in [6.07, 6.45) is 3.93. The highest BCUT2D eigenvalue weighted by molar-refractivity contribution is 6.05. The van der Waals surface area contributed by atoms with Crippen LogP contribution in [-0.2, 0) is 0 Å². The first kappa shape index (κ1) is 13.9. The highest BCUT2D eigenvalue weighted by Crippen LogP contribution is 2.24. The van der Waals surface area contributed by atoms with Gasteiger partial charge in [0.05, 0.1) is 15.3 Å². The van der Waals surface area contributed by atoms with E-state index in [9.17, 15) is 4.79 Å². The van der Waals surface area contributed by atoms with Crippen molar-refractivity contribution in [2.24, 2.45) is 0 Å². The summed E-state index contributed by atoms with van der Waals surface area (Å²) >= 11 is 0. The topological polar surface area (TPSA) is 84.7 Å². The number of nitrogens with zero attached hydrogens (tertiary/aromatic N) is 4. The molecule has 7 heteroatoms. The van der Waals surface area contributed by atoms with E-state index in [1.54, 1.807) is 12.1 Å². The summed E-state index contributed by atoms with van der Waals surface area (Å²) < 4.78 is 83.8. The second-order valence-electron chi connectivity index (χ2n) is 7.96. The van der Waals surface area contributed by atoms with Crippen LogP contribution in [0, 0.1) is 20.7 Å². The number of hydrogen-bond acceptors (Lipinski definition) is 5. The van der Waals surface area contributed by atoms with E-state index < -0.39 is 72.1 Å². The minimum atomic E-state index is -2.99. The maximum Gasteiger partial charge on any atom is 0.255 e. The van der Waals surface area contributed by atoms with Gasteiger partial charge in [-0.1, -0.05) is 6.04 Å². The summed E-state index contributed by atoms with van der Waals surface area (Å²) in [6.45, 7) is 0.781. The van der Waals surface area contributed by atoms with E-state index in [0.29, 0.717) is 5.69 Å². The number of carbonyl (C=O) groups is 1. The third-order valence-corrected chi connectivity index (χ3v) is 5.11. The molecule has 0 radical (unpaired) electrons. The Morgan fingerprint density at radius 1 is 1.11 bits per heavy atom. The molecule has 3 heterocycles. The molecular weight excluding hydrogens is 448 g/mol. The van der Waals surface area contributed by atoms with Crippen LogP contribution in [0.2, 0.25) is 0 Å². The molecule has 5 rings (SSSR count). The lowest BCUT2D eigenvalue weighted by Gasteiger charge is -2.13. The normalized spacial score (nSPS) is 15.1. The van der Waals surface area contributed by atoms with Gasteiger partial charge < -0.3 is 15.2 Å². The van der Waals surface area contributed by atoms with Crippen molar-refractivity contribution in [2.75, 3.05) is 10.6 Å². The summed E-state index contributed by atoms with van der Waals surface area (Å²) in [4.78, 5) is 25.5. The minimum absolute atomic E-state index is 0.0511. The standard InChI is InChI=1S/C29H26N6O/c1-19-9-12-35(18-19)25-14-20(2)13-24(16-25)32-28(36)22-7-6-21(3)27(15-22)34-29-31-11-8-26(33-29)23-5-4-10-30-17-23/h4-18H,1-3H3,(H,32,36)(H,31,33,34)/i3D3,4D,5D,6D,7D,10D,15D,17D. The SMILES string of the molecule is [2H]c1nc([2H])c(-c2ccnc(Nc3c([2H])c(C(=O)Nc4cc(C)cc(-n5ccc(C)c5)c4)c([2H])c([2H])c3C([2H])([2H])[2H])n2)c([2H])c1[2H]. The fourth-order valence-electron chi connectivity index (χ4n) is 3.48. The van der Waals surface area contributed by atoms with Crippen LogP contribution < -0.4 is 10.6 Å². The fraction of sp³-hybridized carbons (Fsp3) is 0.103. The molecule has 1 amide bonds. The average molecular weight is 485 g/mol. The van der Waals surface area contributed by atoms with Crippen molar-refractivity contribution in [3.63, 3.8) is 0 Å². The van der Waals surface area contributed by atoms with Crippen LogP contribution in [0.1, 0.15) is 40.8 Å². The van der Waals surface area contributed by atoms with E-state index in [1.807, 2.05) is 42.9 Å². The number of pyridine rings is 1. The Bertz CT molecular complexity index is 2030. The molecule has 178 valence electrons. The molecule has 0 unspecified atom stereocenters. The Kier molecular flexibility index (Phi) is 3.81. The van der Waals surface area contributed by atoms with Crippen LogP contribution in [0.4, 0.5) is 17.3 Å². The number of benzene rings is 2. The van der Waals surface area contributed by atoms with Crippen LogP contribution in [-0.4, -0.2) is 25.4 Å². The summed E-state index contributed by atoms with van der Waals surface area (Å²) in [7, 11) is 0. The van der Waals surface area contributed by atoms with Gasteiger partial charge in [-0.3, -0.25) is 9.78 Å². The monoisotopic (exact) mass is 484 g/mol. The number of carbonyl (C=O) groups excluding carboxylic acids is 1. The number of hydrogen-bond donors (Lipinski definition) is 2. The van der Waals surface area contributed by atoms with Crippen LogP contribution in [0.15, 0.2) is 91.5 Å². The van der Waals surface area contributed by atoms with Gasteiger partial charge in [-0.05, 0) is 91.9 Å². The highest BCUT2D eigenvalue weighted by atomic mass is 16.1. The van der Waals surface area contributed by atoms with E-state index in [0.717, 1.165) is 16.8 Å². The zero-order valence-electron chi connectivity index (χ0n) is 29.3. The van der Waals surface area contributed by atoms with Crippen LogP contribution in [0.25, 0.3) is 16.9 Å². The zero-order valence-corrected chi connectivity index (χ0v) is 19.3. The van der Waals surface area contributed by atoms with E-state index in [-0.39, 0.29) is 17.2 Å². The molecule has 0 bridgehead atoms. The average Bonchev–Trinajstić information content (AvgIpc) is 3.40. The maximum atomic E-state index is 13.6. The summed E-state index contributed by atoms with van der Waals surface area (Å²) in [5.41, 5.74) is 0.934. The molecule has 0 aliphatic rings. The van der Waals surface area contributed by atoms with E-state index in [2.05, 4.69) is 25.6 Å². The molecule has 0 fully saturated rings. The molecule has 2 N–H and O–H groups in total. The summed E-state index contributed by atoms with van der Waals surface area (Å²) in [6, 6.07) is 5.27. The van der Waals surface area contributed by atoms with E-state index >= 15 is 0 Å². The molecule has 7 nitrogen and oxygen atoms in total. The smallest absolute Gasteiger partial charge is 0.255 e. The summed E-state index contributed by atoms with van der Waals surface area (Å²) in [5, 5.41) is 5.28. The third kappa shape index (κ3) is 5.15. The molecular formula is C29H26N6O. The highest BCUT2D eigenvalue weighted by Gasteiger charge is 2.12. The van der Waals surface area contributed by atoms with Gasteiger partial charge in [-0.25, -0.2) is 9.97 Å². The Labute approximate surface area is 224 Å². The largest absolute Gasteiger partial charge is 0.324 e. The molecule has 0 aliphatic carbocycles. The molecule has 3 aromatic heterocycles. The van der Waals surface area contributed by atoms with E-state index in [4.69, 9.17) is 13.7 Å². The van der Waals surface area contributed by atoms with Gasteiger partial charge in [0, 0.05) is 63.2 Å². The lowest BCUT2D eigenvalue weighted by Crippen LogP contribution is -2.13. The van der Waals surface area contributed by atoms with Gasteiger partial charge in [0.15, 0.2) is 0 Å². The molecule has 0 saturated carbocycles. The first-order valence-electron chi connectivity index (χ1n) is 15.8. The lowest BCUT2D eigenvalue weighted by molar-refractivity contribution is 0.102.